The van der Waals surface area contributed by atoms with E-state index in [1.54, 1.807) is 6.07 Å². The molecule has 1 amide bonds. The number of anilines is 1. The molecule has 0 radical (unpaired) electrons. The fourth-order valence-corrected chi connectivity index (χ4v) is 3.61. The average molecular weight is 409 g/mol. The summed E-state index contributed by atoms with van der Waals surface area (Å²) in [6.07, 6.45) is 0. The molecular weight excluding hydrogens is 390 g/mol. The van der Waals surface area contributed by atoms with Gasteiger partial charge in [0.1, 0.15) is 5.75 Å². The van der Waals surface area contributed by atoms with Crippen molar-refractivity contribution in [2.45, 2.75) is 0 Å². The first-order chi connectivity index (χ1) is 14.6. The minimum Gasteiger partial charge on any atom is -0.507 e. The molecule has 0 bridgehead atoms. The number of hydrogen-bond donors (Lipinski definition) is 2. The number of primary amides is 1. The second-order valence-electron chi connectivity index (χ2n) is 6.89. The minimum atomic E-state index is -0.730. The maximum absolute atomic E-state index is 12.0. The first-order valence-corrected chi connectivity index (χ1v) is 9.43. The number of carbonyl (C=O) groups excluding carboxylic acids is 1. The number of carbonyl (C=O) groups is 1. The SMILES string of the molecule is NC(=O)c1nnc(-c2cc3c(cc2O)OCO3)n1-c1ccc(N2CCOCC2)cc1. The van der Waals surface area contributed by atoms with E-state index < -0.39 is 5.91 Å². The summed E-state index contributed by atoms with van der Waals surface area (Å²) in [5.74, 6) is 0.327. The summed E-state index contributed by atoms with van der Waals surface area (Å²) in [6.45, 7) is 3.07. The molecule has 1 aromatic heterocycles. The molecule has 154 valence electrons. The van der Waals surface area contributed by atoms with Crippen LogP contribution in [0, 0.1) is 0 Å². The van der Waals surface area contributed by atoms with Crippen molar-refractivity contribution in [3.8, 4) is 34.3 Å². The van der Waals surface area contributed by atoms with E-state index in [1.807, 2.05) is 24.3 Å². The Morgan fingerprint density at radius 3 is 2.37 bits per heavy atom. The molecule has 3 aromatic rings. The molecule has 1 saturated heterocycles. The molecule has 2 aliphatic heterocycles. The number of fused-ring (bicyclic) bond motifs is 1. The lowest BCUT2D eigenvalue weighted by Crippen LogP contribution is -2.36. The van der Waals surface area contributed by atoms with Crippen LogP contribution in [0.1, 0.15) is 10.6 Å². The van der Waals surface area contributed by atoms with Crippen LogP contribution < -0.4 is 20.1 Å². The van der Waals surface area contributed by atoms with Crippen molar-refractivity contribution in [1.29, 1.82) is 0 Å². The fraction of sp³-hybridized carbons (Fsp3) is 0.250. The number of aromatic nitrogens is 3. The van der Waals surface area contributed by atoms with E-state index in [9.17, 15) is 9.90 Å². The predicted molar refractivity (Wildman–Crippen MR) is 106 cm³/mol. The Bertz CT molecular complexity index is 1110. The Morgan fingerprint density at radius 1 is 1.00 bits per heavy atom. The summed E-state index contributed by atoms with van der Waals surface area (Å²) in [7, 11) is 0. The van der Waals surface area contributed by atoms with Crippen LogP contribution in [-0.2, 0) is 4.74 Å². The zero-order valence-electron chi connectivity index (χ0n) is 15.9. The van der Waals surface area contributed by atoms with Gasteiger partial charge in [-0.3, -0.25) is 9.36 Å². The van der Waals surface area contributed by atoms with E-state index in [1.165, 1.54) is 10.6 Å². The molecule has 0 unspecified atom stereocenters. The topological polar surface area (TPSA) is 125 Å². The number of nitrogens with two attached hydrogens (primary N) is 1. The summed E-state index contributed by atoms with van der Waals surface area (Å²) in [5, 5.41) is 18.6. The smallest absolute Gasteiger partial charge is 0.287 e. The molecule has 3 N–H and O–H groups in total. The molecule has 30 heavy (non-hydrogen) atoms. The van der Waals surface area contributed by atoms with Crippen LogP contribution in [0.4, 0.5) is 5.69 Å². The van der Waals surface area contributed by atoms with E-state index in [0.29, 0.717) is 36.0 Å². The molecule has 10 heteroatoms. The lowest BCUT2D eigenvalue weighted by atomic mass is 10.1. The van der Waals surface area contributed by atoms with Crippen molar-refractivity contribution in [3.63, 3.8) is 0 Å². The van der Waals surface area contributed by atoms with Crippen LogP contribution in [0.2, 0.25) is 0 Å². The molecule has 0 saturated carbocycles. The normalized spacial score (nSPS) is 15.4. The molecule has 1 fully saturated rings. The quantitative estimate of drug-likeness (QED) is 0.661. The molecule has 2 aliphatic rings. The number of phenolic OH excluding ortho intramolecular Hbond substituents is 1. The second kappa shape index (κ2) is 7.23. The second-order valence-corrected chi connectivity index (χ2v) is 6.89. The van der Waals surface area contributed by atoms with Crippen LogP contribution in [0.5, 0.6) is 17.2 Å². The maximum atomic E-state index is 12.0. The monoisotopic (exact) mass is 409 g/mol. The third-order valence-electron chi connectivity index (χ3n) is 5.10. The van der Waals surface area contributed by atoms with Gasteiger partial charge in [0.25, 0.3) is 5.91 Å². The van der Waals surface area contributed by atoms with E-state index >= 15 is 0 Å². The van der Waals surface area contributed by atoms with E-state index in [-0.39, 0.29) is 24.2 Å². The van der Waals surface area contributed by atoms with Gasteiger partial charge in [-0.2, -0.15) is 0 Å². The third-order valence-corrected chi connectivity index (χ3v) is 5.10. The molecule has 0 atom stereocenters. The van der Waals surface area contributed by atoms with Gasteiger partial charge in [-0.25, -0.2) is 0 Å². The van der Waals surface area contributed by atoms with Gasteiger partial charge in [0, 0.05) is 30.5 Å². The highest BCUT2D eigenvalue weighted by atomic mass is 16.7. The number of benzene rings is 2. The summed E-state index contributed by atoms with van der Waals surface area (Å²) in [4.78, 5) is 14.2. The molecular formula is C20H19N5O5. The van der Waals surface area contributed by atoms with Crippen molar-refractivity contribution in [2.24, 2.45) is 5.73 Å². The Kier molecular flexibility index (Phi) is 4.40. The highest BCUT2D eigenvalue weighted by Gasteiger charge is 2.25. The van der Waals surface area contributed by atoms with Gasteiger partial charge < -0.3 is 30.0 Å². The van der Waals surface area contributed by atoms with Gasteiger partial charge >= 0.3 is 0 Å². The van der Waals surface area contributed by atoms with Gasteiger partial charge in [0.05, 0.1) is 18.8 Å². The van der Waals surface area contributed by atoms with E-state index in [4.69, 9.17) is 19.9 Å². The molecule has 2 aromatic carbocycles. The molecule has 10 nitrogen and oxygen atoms in total. The lowest BCUT2D eigenvalue weighted by Gasteiger charge is -2.29. The van der Waals surface area contributed by atoms with E-state index in [2.05, 4.69) is 15.1 Å². The summed E-state index contributed by atoms with van der Waals surface area (Å²) < 4.78 is 17.6. The number of morpholine rings is 1. The number of hydrogen-bond acceptors (Lipinski definition) is 8. The van der Waals surface area contributed by atoms with Crippen LogP contribution in [-0.4, -0.2) is 58.9 Å². The number of phenols is 1. The van der Waals surface area contributed by atoms with Crippen molar-refractivity contribution in [3.05, 3.63) is 42.2 Å². The predicted octanol–water partition coefficient (Wildman–Crippen LogP) is 1.30. The van der Waals surface area contributed by atoms with Crippen molar-refractivity contribution in [2.75, 3.05) is 38.0 Å². The maximum Gasteiger partial charge on any atom is 0.287 e. The summed E-state index contributed by atoms with van der Waals surface area (Å²) >= 11 is 0. The molecule has 3 heterocycles. The Labute approximate surface area is 171 Å². The number of ether oxygens (including phenoxy) is 3. The molecule has 0 spiro atoms. The molecule has 0 aliphatic carbocycles. The van der Waals surface area contributed by atoms with Crippen LogP contribution in [0.25, 0.3) is 17.1 Å². The average Bonchev–Trinajstić information content (AvgIpc) is 3.40. The number of rotatable bonds is 4. The highest BCUT2D eigenvalue weighted by Crippen LogP contribution is 2.42. The Hall–Kier alpha value is -3.79. The molecule has 5 rings (SSSR count). The van der Waals surface area contributed by atoms with Crippen LogP contribution in [0.3, 0.4) is 0 Å². The third kappa shape index (κ3) is 3.07. The van der Waals surface area contributed by atoms with Crippen molar-refractivity contribution in [1.82, 2.24) is 14.8 Å². The number of aromatic hydroxyl groups is 1. The van der Waals surface area contributed by atoms with Crippen molar-refractivity contribution < 1.29 is 24.1 Å². The van der Waals surface area contributed by atoms with Crippen LogP contribution in [0.15, 0.2) is 36.4 Å². The van der Waals surface area contributed by atoms with Gasteiger partial charge in [-0.15, -0.1) is 10.2 Å². The Morgan fingerprint density at radius 2 is 1.67 bits per heavy atom. The van der Waals surface area contributed by atoms with Gasteiger partial charge in [-0.05, 0) is 30.3 Å². The standard InChI is InChI=1S/C20H19N5O5/c21-18(27)20-23-22-19(14-9-16-17(10-15(14)26)30-11-29-16)25(20)13-3-1-12(2-4-13)24-5-7-28-8-6-24/h1-4,9-10,26H,5-8,11H2,(H2,21,27). The summed E-state index contributed by atoms with van der Waals surface area (Å²) in [5.41, 5.74) is 7.55. The minimum absolute atomic E-state index is 0.0406. The van der Waals surface area contributed by atoms with Gasteiger partial charge in [0.15, 0.2) is 17.3 Å². The lowest BCUT2D eigenvalue weighted by molar-refractivity contribution is 0.0988. The van der Waals surface area contributed by atoms with Gasteiger partial charge in [-0.1, -0.05) is 0 Å². The number of amides is 1. The number of nitrogens with zero attached hydrogens (tertiary/aromatic N) is 4. The first kappa shape index (κ1) is 18.3. The Balaban J connectivity index is 1.58. The summed E-state index contributed by atoms with van der Waals surface area (Å²) in [6, 6.07) is 10.7. The zero-order chi connectivity index (χ0) is 20.7. The van der Waals surface area contributed by atoms with Crippen molar-refractivity contribution >= 4 is 11.6 Å². The van der Waals surface area contributed by atoms with Gasteiger partial charge in [0.2, 0.25) is 12.6 Å². The fourth-order valence-electron chi connectivity index (χ4n) is 3.61. The first-order valence-electron chi connectivity index (χ1n) is 9.43. The van der Waals surface area contributed by atoms with Crippen LogP contribution >= 0.6 is 0 Å². The zero-order valence-corrected chi connectivity index (χ0v) is 15.9. The largest absolute Gasteiger partial charge is 0.507 e. The highest BCUT2D eigenvalue weighted by molar-refractivity contribution is 5.91. The van der Waals surface area contributed by atoms with E-state index in [0.717, 1.165) is 18.8 Å².